The Bertz CT molecular complexity index is 618. The largest absolute Gasteiger partial charge is 0.497 e. The number of fused-ring (bicyclic) bond motifs is 1. The molecule has 0 saturated carbocycles. The van der Waals surface area contributed by atoms with Gasteiger partial charge >= 0.3 is 0 Å². The molecular formula is C18H21NO. The average molecular weight is 267 g/mol. The van der Waals surface area contributed by atoms with Crippen LogP contribution in [0.1, 0.15) is 28.7 Å². The van der Waals surface area contributed by atoms with E-state index in [0.717, 1.165) is 25.0 Å². The third-order valence-electron chi connectivity index (χ3n) is 4.33. The van der Waals surface area contributed by atoms with Gasteiger partial charge in [0, 0.05) is 5.54 Å². The molecule has 1 aliphatic rings. The molecule has 2 aromatic rings. The number of hydrogen-bond donors (Lipinski definition) is 1. The lowest BCUT2D eigenvalue weighted by Gasteiger charge is -2.26. The molecule has 2 aromatic carbocycles. The van der Waals surface area contributed by atoms with E-state index >= 15 is 0 Å². The van der Waals surface area contributed by atoms with Gasteiger partial charge in [-0.3, -0.25) is 0 Å². The summed E-state index contributed by atoms with van der Waals surface area (Å²) in [5.41, 5.74) is 11.6. The molecule has 104 valence electrons. The van der Waals surface area contributed by atoms with E-state index < -0.39 is 0 Å². The molecule has 3 rings (SSSR count). The molecule has 0 saturated heterocycles. The van der Waals surface area contributed by atoms with E-state index in [1.807, 2.05) is 6.07 Å². The SMILES string of the molecule is COc1ccc2c(c1)C(N)(Cc1ccc(C)cc1)CC2. The van der Waals surface area contributed by atoms with Crippen LogP contribution in [0.15, 0.2) is 42.5 Å². The molecule has 1 unspecified atom stereocenters. The minimum atomic E-state index is -0.265. The summed E-state index contributed by atoms with van der Waals surface area (Å²) in [6, 6.07) is 15.0. The van der Waals surface area contributed by atoms with Crippen molar-refractivity contribution in [1.82, 2.24) is 0 Å². The third-order valence-corrected chi connectivity index (χ3v) is 4.33. The van der Waals surface area contributed by atoms with Crippen LogP contribution in [-0.4, -0.2) is 7.11 Å². The number of hydrogen-bond acceptors (Lipinski definition) is 2. The number of aryl methyl sites for hydroxylation is 2. The van der Waals surface area contributed by atoms with E-state index in [1.54, 1.807) is 7.11 Å². The van der Waals surface area contributed by atoms with Crippen LogP contribution in [0.2, 0.25) is 0 Å². The molecule has 0 heterocycles. The van der Waals surface area contributed by atoms with Crippen LogP contribution in [-0.2, 0) is 18.4 Å². The highest BCUT2D eigenvalue weighted by Gasteiger charge is 2.35. The monoisotopic (exact) mass is 267 g/mol. The number of methoxy groups -OCH3 is 1. The van der Waals surface area contributed by atoms with Crippen LogP contribution in [0.5, 0.6) is 5.75 Å². The first-order valence-electron chi connectivity index (χ1n) is 7.12. The Hall–Kier alpha value is -1.80. The fraction of sp³-hybridized carbons (Fsp3) is 0.333. The maximum Gasteiger partial charge on any atom is 0.119 e. The Morgan fingerprint density at radius 1 is 1.15 bits per heavy atom. The third kappa shape index (κ3) is 2.32. The Balaban J connectivity index is 1.93. The highest BCUT2D eigenvalue weighted by atomic mass is 16.5. The Morgan fingerprint density at radius 2 is 1.90 bits per heavy atom. The van der Waals surface area contributed by atoms with Gasteiger partial charge < -0.3 is 10.5 Å². The maximum atomic E-state index is 6.71. The summed E-state index contributed by atoms with van der Waals surface area (Å²) in [5, 5.41) is 0. The normalized spacial score (nSPS) is 20.8. The van der Waals surface area contributed by atoms with Crippen molar-refractivity contribution in [2.24, 2.45) is 5.73 Å². The molecule has 0 spiro atoms. The van der Waals surface area contributed by atoms with Gasteiger partial charge in [-0.1, -0.05) is 35.9 Å². The first-order chi connectivity index (χ1) is 9.60. The van der Waals surface area contributed by atoms with Crippen molar-refractivity contribution in [1.29, 1.82) is 0 Å². The minimum Gasteiger partial charge on any atom is -0.497 e. The van der Waals surface area contributed by atoms with Crippen molar-refractivity contribution >= 4 is 0 Å². The molecule has 1 atom stereocenters. The molecule has 0 aliphatic heterocycles. The summed E-state index contributed by atoms with van der Waals surface area (Å²) in [7, 11) is 1.70. The molecule has 0 amide bonds. The smallest absolute Gasteiger partial charge is 0.119 e. The van der Waals surface area contributed by atoms with Crippen LogP contribution in [0, 0.1) is 6.92 Å². The summed E-state index contributed by atoms with van der Waals surface area (Å²) in [6.45, 7) is 2.11. The van der Waals surface area contributed by atoms with Gasteiger partial charge in [-0.2, -0.15) is 0 Å². The standard InChI is InChI=1S/C18H21NO/c1-13-3-5-14(6-4-13)12-18(19)10-9-15-7-8-16(20-2)11-17(15)18/h3-8,11H,9-10,12,19H2,1-2H3. The van der Waals surface area contributed by atoms with E-state index in [4.69, 9.17) is 10.5 Å². The van der Waals surface area contributed by atoms with E-state index in [1.165, 1.54) is 22.3 Å². The van der Waals surface area contributed by atoms with Gasteiger partial charge in [0.05, 0.1) is 7.11 Å². The van der Waals surface area contributed by atoms with E-state index in [9.17, 15) is 0 Å². The van der Waals surface area contributed by atoms with Gasteiger partial charge in [-0.05, 0) is 55.0 Å². The van der Waals surface area contributed by atoms with E-state index in [-0.39, 0.29) is 5.54 Å². The van der Waals surface area contributed by atoms with Crippen LogP contribution in [0.3, 0.4) is 0 Å². The second kappa shape index (κ2) is 4.95. The van der Waals surface area contributed by atoms with E-state index in [2.05, 4.69) is 43.3 Å². The van der Waals surface area contributed by atoms with Crippen molar-refractivity contribution in [2.45, 2.75) is 31.7 Å². The predicted octanol–water partition coefficient (Wildman–Crippen LogP) is 3.35. The molecule has 20 heavy (non-hydrogen) atoms. The highest BCUT2D eigenvalue weighted by molar-refractivity contribution is 5.44. The van der Waals surface area contributed by atoms with E-state index in [0.29, 0.717) is 0 Å². The van der Waals surface area contributed by atoms with Crippen molar-refractivity contribution < 1.29 is 4.74 Å². The molecule has 0 fully saturated rings. The van der Waals surface area contributed by atoms with Crippen molar-refractivity contribution in [3.8, 4) is 5.75 Å². The molecule has 0 radical (unpaired) electrons. The first kappa shape index (κ1) is 13.2. The first-order valence-corrected chi connectivity index (χ1v) is 7.12. The average Bonchev–Trinajstić information content (AvgIpc) is 2.78. The predicted molar refractivity (Wildman–Crippen MR) is 82.1 cm³/mol. The summed E-state index contributed by atoms with van der Waals surface area (Å²) in [4.78, 5) is 0. The Kier molecular flexibility index (Phi) is 3.27. The van der Waals surface area contributed by atoms with Gasteiger partial charge in [-0.25, -0.2) is 0 Å². The lowest BCUT2D eigenvalue weighted by molar-refractivity contribution is 0.407. The molecular weight excluding hydrogens is 246 g/mol. The van der Waals surface area contributed by atoms with Crippen LogP contribution in [0.4, 0.5) is 0 Å². The fourth-order valence-corrected chi connectivity index (χ4v) is 3.11. The molecule has 2 nitrogen and oxygen atoms in total. The van der Waals surface area contributed by atoms with Gasteiger partial charge in [0.25, 0.3) is 0 Å². The molecule has 0 aromatic heterocycles. The number of ether oxygens (including phenoxy) is 1. The van der Waals surface area contributed by atoms with Gasteiger partial charge in [0.15, 0.2) is 0 Å². The van der Waals surface area contributed by atoms with Crippen LogP contribution >= 0.6 is 0 Å². The zero-order valence-corrected chi connectivity index (χ0v) is 12.1. The van der Waals surface area contributed by atoms with Crippen LogP contribution in [0.25, 0.3) is 0 Å². The second-order valence-electron chi connectivity index (χ2n) is 5.84. The van der Waals surface area contributed by atoms with Gasteiger partial charge in [0.1, 0.15) is 5.75 Å². The zero-order chi connectivity index (χ0) is 14.2. The minimum absolute atomic E-state index is 0.265. The second-order valence-corrected chi connectivity index (χ2v) is 5.84. The molecule has 2 heteroatoms. The topological polar surface area (TPSA) is 35.2 Å². The zero-order valence-electron chi connectivity index (χ0n) is 12.1. The summed E-state index contributed by atoms with van der Waals surface area (Å²) in [5.74, 6) is 0.893. The molecule has 0 bridgehead atoms. The van der Waals surface area contributed by atoms with Gasteiger partial charge in [-0.15, -0.1) is 0 Å². The summed E-state index contributed by atoms with van der Waals surface area (Å²) in [6.07, 6.45) is 2.94. The Morgan fingerprint density at radius 3 is 2.60 bits per heavy atom. The lowest BCUT2D eigenvalue weighted by Crippen LogP contribution is -2.36. The van der Waals surface area contributed by atoms with Crippen molar-refractivity contribution in [3.05, 3.63) is 64.7 Å². The maximum absolute atomic E-state index is 6.71. The number of rotatable bonds is 3. The fourth-order valence-electron chi connectivity index (χ4n) is 3.11. The summed E-state index contributed by atoms with van der Waals surface area (Å²) < 4.78 is 5.34. The van der Waals surface area contributed by atoms with Gasteiger partial charge in [0.2, 0.25) is 0 Å². The van der Waals surface area contributed by atoms with Crippen LogP contribution < -0.4 is 10.5 Å². The highest BCUT2D eigenvalue weighted by Crippen LogP contribution is 2.39. The molecule has 2 N–H and O–H groups in total. The quantitative estimate of drug-likeness (QED) is 0.925. The summed E-state index contributed by atoms with van der Waals surface area (Å²) >= 11 is 0. The number of benzene rings is 2. The lowest BCUT2D eigenvalue weighted by atomic mass is 9.86. The van der Waals surface area contributed by atoms with Crippen molar-refractivity contribution in [2.75, 3.05) is 7.11 Å². The Labute approximate surface area is 120 Å². The molecule has 1 aliphatic carbocycles. The van der Waals surface area contributed by atoms with Crippen molar-refractivity contribution in [3.63, 3.8) is 0 Å². The number of nitrogens with two attached hydrogens (primary N) is 1.